The van der Waals surface area contributed by atoms with E-state index < -0.39 is 11.8 Å². The second kappa shape index (κ2) is 8.26. The van der Waals surface area contributed by atoms with Crippen LogP contribution in [0.25, 0.3) is 17.4 Å². The lowest BCUT2D eigenvalue weighted by Gasteiger charge is -2.26. The van der Waals surface area contributed by atoms with Crippen molar-refractivity contribution in [1.29, 1.82) is 5.26 Å². The molecule has 0 saturated carbocycles. The minimum atomic E-state index is -0.613. The summed E-state index contributed by atoms with van der Waals surface area (Å²) in [6.07, 6.45) is 1.54. The molecule has 1 aromatic carbocycles. The van der Waals surface area contributed by atoms with Crippen LogP contribution in [0.4, 0.5) is 0 Å². The zero-order valence-electron chi connectivity index (χ0n) is 15.4. The Kier molecular flexibility index (Phi) is 5.78. The van der Waals surface area contributed by atoms with Crippen LogP contribution in [0.1, 0.15) is 12.7 Å². The summed E-state index contributed by atoms with van der Waals surface area (Å²) < 4.78 is 10.8. The molecule has 2 amide bonds. The Morgan fingerprint density at radius 1 is 1.25 bits per heavy atom. The van der Waals surface area contributed by atoms with E-state index in [1.165, 1.54) is 13.2 Å². The largest absolute Gasteiger partial charge is 0.457 e. The fourth-order valence-corrected chi connectivity index (χ4v) is 3.08. The summed E-state index contributed by atoms with van der Waals surface area (Å²) >= 11 is 6.02. The minimum Gasteiger partial charge on any atom is -0.457 e. The first kappa shape index (κ1) is 19.6. The number of imide groups is 1. The predicted molar refractivity (Wildman–Crippen MR) is 104 cm³/mol. The van der Waals surface area contributed by atoms with E-state index in [2.05, 4.69) is 0 Å². The van der Waals surface area contributed by atoms with Crippen molar-refractivity contribution >= 4 is 29.5 Å². The van der Waals surface area contributed by atoms with Crippen LogP contribution >= 0.6 is 11.6 Å². The highest BCUT2D eigenvalue weighted by molar-refractivity contribution is 6.30. The number of rotatable bonds is 5. The van der Waals surface area contributed by atoms with Crippen molar-refractivity contribution in [1.82, 2.24) is 4.90 Å². The summed E-state index contributed by atoms with van der Waals surface area (Å²) in [6, 6.07) is 12.6. The number of carbonyl (C=O) groups excluding carboxylic acids is 2. The number of benzene rings is 1. The fourth-order valence-electron chi connectivity index (χ4n) is 2.88. The van der Waals surface area contributed by atoms with Gasteiger partial charge in [-0.1, -0.05) is 23.7 Å². The van der Waals surface area contributed by atoms with Crippen LogP contribution in [0, 0.1) is 11.3 Å². The molecule has 142 valence electrons. The number of nitrogens with zero attached hydrogens (tertiary/aromatic N) is 2. The van der Waals surface area contributed by atoms with Crippen LogP contribution in [-0.2, 0) is 14.3 Å². The highest BCUT2D eigenvalue weighted by Gasteiger charge is 2.35. The van der Waals surface area contributed by atoms with Gasteiger partial charge in [-0.05, 0) is 42.8 Å². The normalized spacial score (nSPS) is 16.1. The molecule has 0 spiro atoms. The molecule has 0 aliphatic carbocycles. The Morgan fingerprint density at radius 2 is 2.04 bits per heavy atom. The molecule has 1 aliphatic heterocycles. The first-order chi connectivity index (χ1) is 13.5. The lowest BCUT2D eigenvalue weighted by atomic mass is 9.95. The summed E-state index contributed by atoms with van der Waals surface area (Å²) in [5.74, 6) is -0.0828. The first-order valence-electron chi connectivity index (χ1n) is 8.50. The maximum Gasteiger partial charge on any atom is 0.271 e. The third kappa shape index (κ3) is 3.77. The third-order valence-electron chi connectivity index (χ3n) is 4.37. The zero-order chi connectivity index (χ0) is 20.3. The van der Waals surface area contributed by atoms with Crippen molar-refractivity contribution in [3.8, 4) is 17.4 Å². The molecular weight excluding hydrogens is 380 g/mol. The molecule has 0 saturated heterocycles. The van der Waals surface area contributed by atoms with Gasteiger partial charge < -0.3 is 9.15 Å². The van der Waals surface area contributed by atoms with E-state index in [0.717, 1.165) is 10.5 Å². The molecule has 28 heavy (non-hydrogen) atoms. The third-order valence-corrected chi connectivity index (χ3v) is 4.60. The van der Waals surface area contributed by atoms with Crippen molar-refractivity contribution < 1.29 is 18.7 Å². The van der Waals surface area contributed by atoms with E-state index in [1.54, 1.807) is 31.2 Å². The Hall–Kier alpha value is -3.14. The smallest absolute Gasteiger partial charge is 0.271 e. The van der Waals surface area contributed by atoms with E-state index in [4.69, 9.17) is 20.8 Å². The number of nitriles is 1. The molecule has 2 heterocycles. The molecule has 0 fully saturated rings. The van der Waals surface area contributed by atoms with Gasteiger partial charge in [0.2, 0.25) is 0 Å². The molecule has 1 aliphatic rings. The zero-order valence-corrected chi connectivity index (χ0v) is 16.1. The van der Waals surface area contributed by atoms with Crippen molar-refractivity contribution in [2.45, 2.75) is 6.92 Å². The molecule has 0 bridgehead atoms. The summed E-state index contributed by atoms with van der Waals surface area (Å²) in [5.41, 5.74) is 1.30. The van der Waals surface area contributed by atoms with Crippen molar-refractivity contribution in [2.24, 2.45) is 0 Å². The number of carbonyl (C=O) groups is 2. The number of hydrogen-bond donors (Lipinski definition) is 0. The number of methoxy groups -OCH3 is 1. The quantitative estimate of drug-likeness (QED) is 0.566. The number of hydrogen-bond acceptors (Lipinski definition) is 5. The van der Waals surface area contributed by atoms with Crippen LogP contribution < -0.4 is 0 Å². The number of furan rings is 1. The van der Waals surface area contributed by atoms with Gasteiger partial charge in [-0.2, -0.15) is 5.26 Å². The van der Waals surface area contributed by atoms with Gasteiger partial charge in [0.25, 0.3) is 11.8 Å². The minimum absolute atomic E-state index is 0.0654. The van der Waals surface area contributed by atoms with Gasteiger partial charge in [-0.3, -0.25) is 14.5 Å². The number of ether oxygens (including phenoxy) is 1. The van der Waals surface area contributed by atoms with E-state index >= 15 is 0 Å². The summed E-state index contributed by atoms with van der Waals surface area (Å²) in [5, 5.41) is 9.95. The maximum atomic E-state index is 12.8. The molecular formula is C21H17ClN2O4. The molecule has 6 nitrogen and oxygen atoms in total. The molecule has 0 radical (unpaired) electrons. The highest BCUT2D eigenvalue weighted by Crippen LogP contribution is 2.29. The maximum absolute atomic E-state index is 12.8. The first-order valence-corrected chi connectivity index (χ1v) is 8.88. The molecule has 7 heteroatoms. The average molecular weight is 397 g/mol. The summed E-state index contributed by atoms with van der Waals surface area (Å²) in [7, 11) is 1.47. The SMILES string of the molecule is COCCN1C(=O)C(C#N)=C(C)/C(=C\c2ccc(-c3cccc(Cl)c3)o2)C1=O. The van der Waals surface area contributed by atoms with Gasteiger partial charge >= 0.3 is 0 Å². The van der Waals surface area contributed by atoms with Gasteiger partial charge in [-0.15, -0.1) is 0 Å². The monoisotopic (exact) mass is 396 g/mol. The highest BCUT2D eigenvalue weighted by atomic mass is 35.5. The molecule has 0 unspecified atom stereocenters. The second-order valence-corrected chi connectivity index (χ2v) is 6.57. The molecule has 2 aromatic rings. The molecule has 3 rings (SSSR count). The Bertz CT molecular complexity index is 1040. The van der Waals surface area contributed by atoms with Gasteiger partial charge in [-0.25, -0.2) is 0 Å². The second-order valence-electron chi connectivity index (χ2n) is 6.14. The van der Waals surface area contributed by atoms with Crippen molar-refractivity contribution in [3.63, 3.8) is 0 Å². The standard InChI is InChI=1S/C21H17ClN2O4/c1-13-17(20(25)24(8-9-27-2)21(26)18(13)12-23)11-16-6-7-19(28-16)14-4-3-5-15(22)10-14/h3-7,10-11H,8-9H2,1-2H3/b17-11+. The van der Waals surface area contributed by atoms with Crippen molar-refractivity contribution in [3.05, 3.63) is 63.9 Å². The Balaban J connectivity index is 2.00. The number of halogens is 1. The Labute approximate surface area is 167 Å². The number of amides is 2. The van der Waals surface area contributed by atoms with E-state index in [-0.39, 0.29) is 24.3 Å². The fraction of sp³-hybridized carbons (Fsp3) is 0.190. The van der Waals surface area contributed by atoms with E-state index in [0.29, 0.717) is 22.1 Å². The predicted octanol–water partition coefficient (Wildman–Crippen LogP) is 3.84. The van der Waals surface area contributed by atoms with Crippen molar-refractivity contribution in [2.75, 3.05) is 20.3 Å². The average Bonchev–Trinajstić information content (AvgIpc) is 3.14. The molecule has 1 aromatic heterocycles. The lowest BCUT2D eigenvalue weighted by molar-refractivity contribution is -0.141. The van der Waals surface area contributed by atoms with E-state index in [9.17, 15) is 14.9 Å². The van der Waals surface area contributed by atoms with E-state index in [1.807, 2.05) is 18.2 Å². The molecule has 0 N–H and O–H groups in total. The van der Waals surface area contributed by atoms with Crippen LogP contribution in [-0.4, -0.2) is 37.0 Å². The Morgan fingerprint density at radius 3 is 2.71 bits per heavy atom. The van der Waals surface area contributed by atoms with Gasteiger partial charge in [0, 0.05) is 23.3 Å². The molecule has 0 atom stereocenters. The van der Waals surface area contributed by atoms with Gasteiger partial charge in [0.05, 0.1) is 13.2 Å². The van der Waals surface area contributed by atoms with Crippen LogP contribution in [0.15, 0.2) is 57.5 Å². The summed E-state index contributed by atoms with van der Waals surface area (Å²) in [4.78, 5) is 26.2. The van der Waals surface area contributed by atoms with Crippen LogP contribution in [0.3, 0.4) is 0 Å². The van der Waals surface area contributed by atoms with Gasteiger partial charge in [0.15, 0.2) is 0 Å². The topological polar surface area (TPSA) is 83.5 Å². The van der Waals surface area contributed by atoms with Gasteiger partial charge in [0.1, 0.15) is 23.2 Å². The van der Waals surface area contributed by atoms with Crippen LogP contribution in [0.2, 0.25) is 5.02 Å². The summed E-state index contributed by atoms with van der Waals surface area (Å²) in [6.45, 7) is 1.83. The lowest BCUT2D eigenvalue weighted by Crippen LogP contribution is -2.44. The van der Waals surface area contributed by atoms with Crippen LogP contribution in [0.5, 0.6) is 0 Å².